The van der Waals surface area contributed by atoms with Crippen molar-refractivity contribution >= 4 is 11.0 Å². The number of hydrogen-bond donors (Lipinski definition) is 2. The van der Waals surface area contributed by atoms with Gasteiger partial charge in [-0.05, 0) is 31.9 Å². The lowest BCUT2D eigenvalue weighted by Crippen LogP contribution is -2.50. The highest BCUT2D eigenvalue weighted by Gasteiger charge is 2.32. The second-order valence-electron chi connectivity index (χ2n) is 5.50. The van der Waals surface area contributed by atoms with Crippen LogP contribution in [0.2, 0.25) is 0 Å². The second-order valence-corrected chi connectivity index (χ2v) is 5.50. The van der Waals surface area contributed by atoms with Gasteiger partial charge in [-0.3, -0.25) is 0 Å². The van der Waals surface area contributed by atoms with Gasteiger partial charge in [0.1, 0.15) is 0 Å². The van der Waals surface area contributed by atoms with Crippen LogP contribution in [-0.4, -0.2) is 32.8 Å². The zero-order chi connectivity index (χ0) is 12.6. The Morgan fingerprint density at radius 3 is 2.94 bits per heavy atom. The summed E-state index contributed by atoms with van der Waals surface area (Å²) in [5, 5.41) is 13.2. The molecule has 1 atom stereocenters. The molecule has 2 aromatic rings. The summed E-state index contributed by atoms with van der Waals surface area (Å²) in [5.74, 6) is 0. The molecule has 1 aromatic heterocycles. The number of rotatable bonds is 5. The van der Waals surface area contributed by atoms with Crippen molar-refractivity contribution in [3.05, 3.63) is 30.6 Å². The monoisotopic (exact) mass is 245 g/mol. The van der Waals surface area contributed by atoms with Crippen LogP contribution in [0.3, 0.4) is 0 Å². The first-order valence-corrected chi connectivity index (χ1v) is 6.49. The summed E-state index contributed by atoms with van der Waals surface area (Å²) in [6.07, 6.45) is 4.30. The third-order valence-corrected chi connectivity index (χ3v) is 3.53. The van der Waals surface area contributed by atoms with Gasteiger partial charge in [-0.25, -0.2) is 4.98 Å². The van der Waals surface area contributed by atoms with Crippen LogP contribution in [-0.2, 0) is 6.54 Å². The first kappa shape index (κ1) is 11.7. The minimum atomic E-state index is -0.273. The number of aliphatic hydroxyl groups is 1. The zero-order valence-electron chi connectivity index (χ0n) is 10.6. The van der Waals surface area contributed by atoms with E-state index in [1.54, 1.807) is 0 Å². The van der Waals surface area contributed by atoms with E-state index in [-0.39, 0.29) is 12.1 Å². The molecule has 0 amide bonds. The molecule has 1 heterocycles. The van der Waals surface area contributed by atoms with Crippen LogP contribution in [0.1, 0.15) is 19.8 Å². The van der Waals surface area contributed by atoms with E-state index in [1.807, 2.05) is 24.5 Å². The SMILES string of the molecule is CC(CO)(Cn1cnc2ccccc21)NC1CC1. The summed E-state index contributed by atoms with van der Waals surface area (Å²) >= 11 is 0. The summed E-state index contributed by atoms with van der Waals surface area (Å²) in [6.45, 7) is 2.94. The molecule has 0 bridgehead atoms. The molecule has 4 nitrogen and oxygen atoms in total. The molecule has 1 aromatic carbocycles. The predicted octanol–water partition coefficient (Wildman–Crippen LogP) is 1.54. The third kappa shape index (κ3) is 2.26. The van der Waals surface area contributed by atoms with Crippen molar-refractivity contribution in [3.8, 4) is 0 Å². The van der Waals surface area contributed by atoms with Crippen molar-refractivity contribution < 1.29 is 5.11 Å². The average molecular weight is 245 g/mol. The van der Waals surface area contributed by atoms with E-state index < -0.39 is 0 Å². The van der Waals surface area contributed by atoms with Crippen molar-refractivity contribution in [2.24, 2.45) is 0 Å². The number of aliphatic hydroxyl groups excluding tert-OH is 1. The molecule has 1 aliphatic rings. The van der Waals surface area contributed by atoms with Crippen LogP contribution in [0.15, 0.2) is 30.6 Å². The highest BCUT2D eigenvalue weighted by Crippen LogP contribution is 2.24. The Labute approximate surface area is 107 Å². The largest absolute Gasteiger partial charge is 0.394 e. The number of aromatic nitrogens is 2. The summed E-state index contributed by atoms with van der Waals surface area (Å²) in [7, 11) is 0. The van der Waals surface area contributed by atoms with Gasteiger partial charge in [0.2, 0.25) is 0 Å². The smallest absolute Gasteiger partial charge is 0.0958 e. The maximum absolute atomic E-state index is 9.64. The lowest BCUT2D eigenvalue weighted by Gasteiger charge is -2.29. The molecule has 0 radical (unpaired) electrons. The van der Waals surface area contributed by atoms with Gasteiger partial charge in [0.05, 0.1) is 29.5 Å². The summed E-state index contributed by atoms with van der Waals surface area (Å²) in [4.78, 5) is 4.39. The Morgan fingerprint density at radius 2 is 2.22 bits per heavy atom. The van der Waals surface area contributed by atoms with E-state index in [4.69, 9.17) is 0 Å². The van der Waals surface area contributed by atoms with Crippen molar-refractivity contribution in [1.82, 2.24) is 14.9 Å². The quantitative estimate of drug-likeness (QED) is 0.840. The van der Waals surface area contributed by atoms with Gasteiger partial charge >= 0.3 is 0 Å². The minimum Gasteiger partial charge on any atom is -0.394 e. The first-order chi connectivity index (χ1) is 8.70. The molecule has 3 rings (SSSR count). The van der Waals surface area contributed by atoms with Gasteiger partial charge < -0.3 is 15.0 Å². The number of fused-ring (bicyclic) bond motifs is 1. The van der Waals surface area contributed by atoms with E-state index in [1.165, 1.54) is 12.8 Å². The van der Waals surface area contributed by atoms with Crippen LogP contribution in [0.25, 0.3) is 11.0 Å². The van der Waals surface area contributed by atoms with Crippen LogP contribution in [0, 0.1) is 0 Å². The van der Waals surface area contributed by atoms with Crippen LogP contribution < -0.4 is 5.32 Å². The number of hydrogen-bond acceptors (Lipinski definition) is 3. The fraction of sp³-hybridized carbons (Fsp3) is 0.500. The van der Waals surface area contributed by atoms with Gasteiger partial charge in [0.15, 0.2) is 0 Å². The maximum Gasteiger partial charge on any atom is 0.0958 e. The molecule has 0 saturated heterocycles. The molecule has 0 spiro atoms. The Hall–Kier alpha value is -1.39. The Kier molecular flexibility index (Phi) is 2.84. The Bertz CT molecular complexity index is 547. The van der Waals surface area contributed by atoms with Crippen LogP contribution in [0.4, 0.5) is 0 Å². The fourth-order valence-corrected chi connectivity index (χ4v) is 2.37. The summed E-state index contributed by atoms with van der Waals surface area (Å²) in [6, 6.07) is 8.67. The molecule has 1 unspecified atom stereocenters. The zero-order valence-corrected chi connectivity index (χ0v) is 10.6. The number of benzene rings is 1. The predicted molar refractivity (Wildman–Crippen MR) is 71.4 cm³/mol. The molecule has 4 heteroatoms. The van der Waals surface area contributed by atoms with Gasteiger partial charge in [-0.2, -0.15) is 0 Å². The van der Waals surface area contributed by atoms with Crippen molar-refractivity contribution in [3.63, 3.8) is 0 Å². The molecule has 1 fully saturated rings. The highest BCUT2D eigenvalue weighted by molar-refractivity contribution is 5.74. The van der Waals surface area contributed by atoms with Gasteiger partial charge in [0.25, 0.3) is 0 Å². The Morgan fingerprint density at radius 1 is 1.44 bits per heavy atom. The standard InChI is InChI=1S/C14H19N3O/c1-14(9-18,16-11-6-7-11)8-17-10-15-12-4-2-3-5-13(12)17/h2-5,10-11,16,18H,6-9H2,1H3. The normalized spacial score (nSPS) is 19.0. The minimum absolute atomic E-state index is 0.135. The van der Waals surface area contributed by atoms with Gasteiger partial charge in [-0.15, -0.1) is 0 Å². The second kappa shape index (κ2) is 4.37. The molecule has 96 valence electrons. The molecule has 18 heavy (non-hydrogen) atoms. The molecule has 2 N–H and O–H groups in total. The van der Waals surface area contributed by atoms with Gasteiger partial charge in [0, 0.05) is 12.6 Å². The molecule has 1 saturated carbocycles. The summed E-state index contributed by atoms with van der Waals surface area (Å²) < 4.78 is 2.11. The van der Waals surface area contributed by atoms with Crippen LogP contribution in [0.5, 0.6) is 0 Å². The van der Waals surface area contributed by atoms with E-state index in [0.29, 0.717) is 6.04 Å². The third-order valence-electron chi connectivity index (χ3n) is 3.53. The lowest BCUT2D eigenvalue weighted by atomic mass is 10.0. The van der Waals surface area contributed by atoms with Gasteiger partial charge in [-0.1, -0.05) is 12.1 Å². The lowest BCUT2D eigenvalue weighted by molar-refractivity contribution is 0.156. The molecule has 1 aliphatic carbocycles. The maximum atomic E-state index is 9.64. The number of nitrogens with zero attached hydrogens (tertiary/aromatic N) is 2. The topological polar surface area (TPSA) is 50.1 Å². The average Bonchev–Trinajstić information content (AvgIpc) is 3.10. The van der Waals surface area contributed by atoms with E-state index >= 15 is 0 Å². The fourth-order valence-electron chi connectivity index (χ4n) is 2.37. The number of imidazole rings is 1. The Balaban J connectivity index is 1.85. The first-order valence-electron chi connectivity index (χ1n) is 6.49. The molecular formula is C14H19N3O. The van der Waals surface area contributed by atoms with Crippen molar-refractivity contribution in [1.29, 1.82) is 0 Å². The van der Waals surface area contributed by atoms with Crippen LogP contribution >= 0.6 is 0 Å². The highest BCUT2D eigenvalue weighted by atomic mass is 16.3. The molecule has 0 aliphatic heterocycles. The van der Waals surface area contributed by atoms with E-state index in [0.717, 1.165) is 17.6 Å². The van der Waals surface area contributed by atoms with E-state index in [2.05, 4.69) is 27.9 Å². The summed E-state index contributed by atoms with van der Waals surface area (Å²) in [5.41, 5.74) is 1.85. The number of nitrogens with one attached hydrogen (secondary N) is 1. The van der Waals surface area contributed by atoms with Crippen molar-refractivity contribution in [2.75, 3.05) is 6.61 Å². The molecular weight excluding hydrogens is 226 g/mol. The van der Waals surface area contributed by atoms with Crippen molar-refractivity contribution in [2.45, 2.75) is 37.9 Å². The number of para-hydroxylation sites is 2. The van der Waals surface area contributed by atoms with E-state index in [9.17, 15) is 5.11 Å².